The fourth-order valence-corrected chi connectivity index (χ4v) is 3.71. The van der Waals surface area contributed by atoms with Crippen LogP contribution in [0.15, 0.2) is 64.2 Å². The van der Waals surface area contributed by atoms with Gasteiger partial charge in [-0.2, -0.15) is 0 Å². The van der Waals surface area contributed by atoms with E-state index in [0.29, 0.717) is 5.56 Å². The molecule has 1 amide bonds. The molecule has 0 spiro atoms. The Balaban J connectivity index is 1.86. The van der Waals surface area contributed by atoms with Gasteiger partial charge in [0.2, 0.25) is 5.91 Å². The Morgan fingerprint density at radius 2 is 1.76 bits per heavy atom. The lowest BCUT2D eigenvalue weighted by Gasteiger charge is -2.25. The van der Waals surface area contributed by atoms with Crippen molar-refractivity contribution in [1.82, 2.24) is 14.5 Å². The molecule has 34 heavy (non-hydrogen) atoms. The highest BCUT2D eigenvalue weighted by atomic mass is 16.6. The molecule has 0 saturated heterocycles. The molecule has 3 aromatic rings. The van der Waals surface area contributed by atoms with Crippen LogP contribution in [-0.4, -0.2) is 45.4 Å². The van der Waals surface area contributed by atoms with Crippen LogP contribution in [0.2, 0.25) is 0 Å². The maximum atomic E-state index is 13.1. The molecule has 3 rings (SSSR count). The van der Waals surface area contributed by atoms with E-state index in [4.69, 9.17) is 5.73 Å². The largest absolute Gasteiger partial charge is 0.383 e. The monoisotopic (exact) mass is 466 g/mol. The van der Waals surface area contributed by atoms with Crippen LogP contribution < -0.4 is 21.9 Å². The lowest BCUT2D eigenvalue weighted by molar-refractivity contribution is -0.385. The Morgan fingerprint density at radius 1 is 1.12 bits per heavy atom. The smallest absolute Gasteiger partial charge is 0.330 e. The van der Waals surface area contributed by atoms with Gasteiger partial charge in [0, 0.05) is 24.7 Å². The van der Waals surface area contributed by atoms with E-state index >= 15 is 0 Å². The van der Waals surface area contributed by atoms with Gasteiger partial charge in [-0.25, -0.2) is 4.79 Å². The first-order valence-electron chi connectivity index (χ1n) is 10.6. The summed E-state index contributed by atoms with van der Waals surface area (Å²) >= 11 is 0. The molecule has 2 aromatic carbocycles. The van der Waals surface area contributed by atoms with Crippen molar-refractivity contribution in [2.45, 2.75) is 20.0 Å². The van der Waals surface area contributed by atoms with Crippen molar-refractivity contribution < 1.29 is 9.72 Å². The van der Waals surface area contributed by atoms with Gasteiger partial charge in [-0.3, -0.25) is 34.2 Å². The summed E-state index contributed by atoms with van der Waals surface area (Å²) in [5.74, 6) is -0.556. The summed E-state index contributed by atoms with van der Waals surface area (Å²) in [6.07, 6.45) is 0. The molecule has 0 aliphatic carbocycles. The quantitative estimate of drug-likeness (QED) is 0.359. The molecular weight excluding hydrogens is 440 g/mol. The number of hydrogen-bond acceptors (Lipinski definition) is 7. The van der Waals surface area contributed by atoms with E-state index in [9.17, 15) is 24.5 Å². The van der Waals surface area contributed by atoms with Gasteiger partial charge in [-0.05, 0) is 19.5 Å². The van der Waals surface area contributed by atoms with Gasteiger partial charge < -0.3 is 10.6 Å². The Hall–Kier alpha value is -4.25. The van der Waals surface area contributed by atoms with Crippen molar-refractivity contribution >= 4 is 23.1 Å². The second-order valence-corrected chi connectivity index (χ2v) is 7.76. The second-order valence-electron chi connectivity index (χ2n) is 7.76. The molecular formula is C23H26N6O5. The Kier molecular flexibility index (Phi) is 7.59. The van der Waals surface area contributed by atoms with Crippen molar-refractivity contribution in [1.29, 1.82) is 0 Å². The highest BCUT2D eigenvalue weighted by Gasteiger charge is 2.24. The molecule has 0 aliphatic rings. The molecule has 0 fully saturated rings. The number of benzene rings is 2. The zero-order valence-electron chi connectivity index (χ0n) is 18.9. The number of aromatic amines is 1. The van der Waals surface area contributed by atoms with E-state index in [1.54, 1.807) is 37.1 Å². The van der Waals surface area contributed by atoms with Crippen molar-refractivity contribution in [3.05, 3.63) is 96.7 Å². The number of H-pyrrole nitrogens is 1. The third kappa shape index (κ3) is 5.38. The van der Waals surface area contributed by atoms with Crippen molar-refractivity contribution in [2.24, 2.45) is 0 Å². The fourth-order valence-electron chi connectivity index (χ4n) is 3.71. The molecule has 1 heterocycles. The maximum Gasteiger partial charge on any atom is 0.330 e. The fraction of sp³-hybridized carbons (Fsp3) is 0.261. The molecule has 178 valence electrons. The van der Waals surface area contributed by atoms with E-state index < -0.39 is 22.1 Å². The van der Waals surface area contributed by atoms with Gasteiger partial charge in [0.05, 0.1) is 18.0 Å². The Morgan fingerprint density at radius 3 is 2.41 bits per heavy atom. The van der Waals surface area contributed by atoms with Gasteiger partial charge >= 0.3 is 5.69 Å². The number of carbonyl (C=O) groups excluding carboxylic acids is 1. The SMILES string of the molecule is CCN(C(=O)CN(C)Cc1ccccc1[N+](=O)[O-])c1c(N)n(Cc2ccccc2)c(=O)[nH]c1=O. The summed E-state index contributed by atoms with van der Waals surface area (Å²) < 4.78 is 1.21. The van der Waals surface area contributed by atoms with Gasteiger partial charge in [0.1, 0.15) is 5.82 Å². The molecule has 0 saturated carbocycles. The van der Waals surface area contributed by atoms with Crippen LogP contribution in [0.5, 0.6) is 0 Å². The number of hydrogen-bond donors (Lipinski definition) is 2. The van der Waals surface area contributed by atoms with Gasteiger partial charge in [0.15, 0.2) is 5.69 Å². The Labute approximate surface area is 195 Å². The van der Waals surface area contributed by atoms with E-state index in [-0.39, 0.29) is 43.4 Å². The number of aromatic nitrogens is 2. The van der Waals surface area contributed by atoms with Gasteiger partial charge in [-0.1, -0.05) is 48.5 Å². The summed E-state index contributed by atoms with van der Waals surface area (Å²) in [4.78, 5) is 54.0. The summed E-state index contributed by atoms with van der Waals surface area (Å²) in [6, 6.07) is 15.4. The summed E-state index contributed by atoms with van der Waals surface area (Å²) in [6.45, 7) is 1.97. The number of carbonyl (C=O) groups is 1. The number of nitrogens with zero attached hydrogens (tertiary/aromatic N) is 4. The van der Waals surface area contributed by atoms with Crippen molar-refractivity contribution in [3.8, 4) is 0 Å². The molecule has 11 nitrogen and oxygen atoms in total. The second kappa shape index (κ2) is 10.6. The average molecular weight is 466 g/mol. The zero-order valence-corrected chi connectivity index (χ0v) is 18.9. The number of nitro groups is 1. The molecule has 11 heteroatoms. The van der Waals surface area contributed by atoms with Crippen LogP contribution >= 0.6 is 0 Å². The zero-order chi connectivity index (χ0) is 24.8. The Bertz CT molecular complexity index is 1300. The number of likely N-dealkylation sites (N-methyl/N-ethyl adjacent to an activating group) is 2. The third-order valence-electron chi connectivity index (χ3n) is 5.32. The highest BCUT2D eigenvalue weighted by molar-refractivity contribution is 5.96. The van der Waals surface area contributed by atoms with Gasteiger partial charge in [0.25, 0.3) is 11.2 Å². The first-order chi connectivity index (χ1) is 16.2. The highest BCUT2D eigenvalue weighted by Crippen LogP contribution is 2.20. The normalized spacial score (nSPS) is 10.9. The number of nitrogens with one attached hydrogen (secondary N) is 1. The minimum atomic E-state index is -0.761. The molecule has 0 unspecified atom stereocenters. The molecule has 0 radical (unpaired) electrons. The standard InChI is InChI=1S/C23H26N6O5/c1-3-27(19(30)15-26(2)14-17-11-7-8-12-18(17)29(33)34)20-21(24)28(23(32)25-22(20)31)13-16-9-5-4-6-10-16/h4-12H,3,13-15,24H2,1-2H3,(H,25,31,32). The maximum absolute atomic E-state index is 13.1. The predicted octanol–water partition coefficient (Wildman–Crippen LogP) is 1.56. The van der Waals surface area contributed by atoms with E-state index in [2.05, 4.69) is 4.98 Å². The number of para-hydroxylation sites is 1. The van der Waals surface area contributed by atoms with E-state index in [1.165, 1.54) is 15.5 Å². The van der Waals surface area contributed by atoms with Gasteiger partial charge in [-0.15, -0.1) is 0 Å². The molecule has 0 bridgehead atoms. The first-order valence-corrected chi connectivity index (χ1v) is 10.6. The lowest BCUT2D eigenvalue weighted by Crippen LogP contribution is -2.44. The van der Waals surface area contributed by atoms with Crippen LogP contribution in [0, 0.1) is 10.1 Å². The number of anilines is 2. The number of nitrogen functional groups attached to an aromatic ring is 1. The van der Waals surface area contributed by atoms with Crippen molar-refractivity contribution in [2.75, 3.05) is 30.8 Å². The lowest BCUT2D eigenvalue weighted by atomic mass is 10.1. The summed E-state index contributed by atoms with van der Waals surface area (Å²) in [5, 5.41) is 11.3. The van der Waals surface area contributed by atoms with Crippen LogP contribution in [0.4, 0.5) is 17.2 Å². The average Bonchev–Trinajstić information content (AvgIpc) is 2.80. The van der Waals surface area contributed by atoms with E-state index in [1.807, 2.05) is 30.3 Å². The topological polar surface area (TPSA) is 148 Å². The minimum Gasteiger partial charge on any atom is -0.383 e. The summed E-state index contributed by atoms with van der Waals surface area (Å²) in [5.41, 5.74) is 5.89. The van der Waals surface area contributed by atoms with E-state index in [0.717, 1.165) is 5.56 Å². The predicted molar refractivity (Wildman–Crippen MR) is 129 cm³/mol. The number of nitrogens with two attached hydrogens (primary N) is 1. The van der Waals surface area contributed by atoms with Crippen molar-refractivity contribution in [3.63, 3.8) is 0 Å². The number of amides is 1. The first kappa shape index (κ1) is 24.4. The number of nitro benzene ring substituents is 1. The van der Waals surface area contributed by atoms with Crippen LogP contribution in [0.3, 0.4) is 0 Å². The molecule has 0 atom stereocenters. The molecule has 3 N–H and O–H groups in total. The van der Waals surface area contributed by atoms with Crippen LogP contribution in [0.25, 0.3) is 0 Å². The third-order valence-corrected chi connectivity index (χ3v) is 5.32. The van der Waals surface area contributed by atoms with Crippen LogP contribution in [0.1, 0.15) is 18.1 Å². The molecule has 0 aliphatic heterocycles. The molecule has 1 aromatic heterocycles. The number of rotatable bonds is 9. The van der Waals surface area contributed by atoms with Crippen LogP contribution in [-0.2, 0) is 17.9 Å². The summed E-state index contributed by atoms with van der Waals surface area (Å²) in [7, 11) is 1.65. The minimum absolute atomic E-state index is 0.0391.